The number of benzene rings is 2. The Kier molecular flexibility index (Phi) is 7.20. The molecular formula is C19H24N2O5S. The van der Waals surface area contributed by atoms with E-state index in [0.717, 1.165) is 5.56 Å². The first-order valence-electron chi connectivity index (χ1n) is 8.40. The van der Waals surface area contributed by atoms with E-state index in [1.165, 1.54) is 32.4 Å². The summed E-state index contributed by atoms with van der Waals surface area (Å²) in [6.07, 6.45) is 0. The second-order valence-corrected chi connectivity index (χ2v) is 7.72. The molecule has 0 saturated heterocycles. The minimum Gasteiger partial charge on any atom is -0.493 e. The lowest BCUT2D eigenvalue weighted by Crippen LogP contribution is -2.38. The maximum absolute atomic E-state index is 12.4. The van der Waals surface area contributed by atoms with Crippen molar-refractivity contribution < 1.29 is 22.7 Å². The lowest BCUT2D eigenvalue weighted by Gasteiger charge is -2.14. The number of methoxy groups -OCH3 is 2. The van der Waals surface area contributed by atoms with E-state index in [0.29, 0.717) is 18.0 Å². The molecule has 0 aliphatic rings. The highest BCUT2D eigenvalue weighted by Crippen LogP contribution is 2.29. The highest BCUT2D eigenvalue weighted by molar-refractivity contribution is 7.89. The molecule has 27 heavy (non-hydrogen) atoms. The molecule has 2 rings (SSSR count). The first-order chi connectivity index (χ1) is 12.9. The van der Waals surface area contributed by atoms with Gasteiger partial charge in [0, 0.05) is 12.6 Å². The maximum Gasteiger partial charge on any atom is 0.241 e. The summed E-state index contributed by atoms with van der Waals surface area (Å²) in [4.78, 5) is 12.0. The Balaban J connectivity index is 1.92. The molecule has 1 atom stereocenters. The van der Waals surface area contributed by atoms with Crippen LogP contribution in [0, 0.1) is 0 Å². The molecule has 7 nitrogen and oxygen atoms in total. The Morgan fingerprint density at radius 1 is 1.04 bits per heavy atom. The molecule has 2 aromatic rings. The maximum atomic E-state index is 12.4. The molecule has 0 aliphatic carbocycles. The van der Waals surface area contributed by atoms with Crippen LogP contribution in [-0.2, 0) is 14.8 Å². The Morgan fingerprint density at radius 3 is 2.33 bits per heavy atom. The number of ether oxygens (including phenoxy) is 2. The Morgan fingerprint density at radius 2 is 1.70 bits per heavy atom. The van der Waals surface area contributed by atoms with Crippen LogP contribution < -0.4 is 19.5 Å². The average molecular weight is 392 g/mol. The summed E-state index contributed by atoms with van der Waals surface area (Å²) in [5.41, 5.74) is 1.10. The zero-order valence-corrected chi connectivity index (χ0v) is 16.4. The molecular weight excluding hydrogens is 368 g/mol. The largest absolute Gasteiger partial charge is 0.493 e. The van der Waals surface area contributed by atoms with Crippen LogP contribution in [0.25, 0.3) is 0 Å². The van der Waals surface area contributed by atoms with Gasteiger partial charge in [-0.25, -0.2) is 13.1 Å². The zero-order valence-electron chi connectivity index (χ0n) is 15.6. The van der Waals surface area contributed by atoms with Crippen LogP contribution in [-0.4, -0.2) is 41.6 Å². The van der Waals surface area contributed by atoms with Crippen molar-refractivity contribution in [2.45, 2.75) is 17.7 Å². The van der Waals surface area contributed by atoms with E-state index in [2.05, 4.69) is 10.0 Å². The molecule has 0 fully saturated rings. The highest BCUT2D eigenvalue weighted by Gasteiger charge is 2.18. The normalized spacial score (nSPS) is 12.3. The van der Waals surface area contributed by atoms with E-state index >= 15 is 0 Å². The van der Waals surface area contributed by atoms with Gasteiger partial charge in [0.25, 0.3) is 0 Å². The molecule has 2 N–H and O–H groups in total. The fraction of sp³-hybridized carbons (Fsp3) is 0.316. The molecule has 0 radical (unpaired) electrons. The van der Waals surface area contributed by atoms with Crippen LogP contribution in [0.3, 0.4) is 0 Å². The molecule has 0 heterocycles. The fourth-order valence-corrected chi connectivity index (χ4v) is 3.45. The summed E-state index contributed by atoms with van der Waals surface area (Å²) in [5.74, 6) is 0.435. The Hall–Kier alpha value is -2.58. The number of hydrogen-bond donors (Lipinski definition) is 2. The third kappa shape index (κ3) is 5.70. The van der Waals surface area contributed by atoms with Gasteiger partial charge in [0.1, 0.15) is 0 Å². The Labute approximate surface area is 159 Å². The third-order valence-corrected chi connectivity index (χ3v) is 5.46. The monoisotopic (exact) mass is 392 g/mol. The van der Waals surface area contributed by atoms with Crippen molar-refractivity contribution in [3.8, 4) is 11.5 Å². The standard InChI is InChI=1S/C19H24N2O5S/c1-14(15-7-5-4-6-8-15)12-20-19(22)13-21-27(23,24)16-9-10-17(25-2)18(11-16)26-3/h4-11,14,21H,12-13H2,1-3H3,(H,20,22)/t14-/m1/s1. The minimum atomic E-state index is -3.85. The van der Waals surface area contributed by atoms with Gasteiger partial charge >= 0.3 is 0 Å². The molecule has 0 bridgehead atoms. The van der Waals surface area contributed by atoms with Crippen LogP contribution in [0.5, 0.6) is 11.5 Å². The van der Waals surface area contributed by atoms with Crippen LogP contribution in [0.2, 0.25) is 0 Å². The number of rotatable bonds is 9. The summed E-state index contributed by atoms with van der Waals surface area (Å²) < 4.78 is 37.2. The van der Waals surface area contributed by atoms with Crippen molar-refractivity contribution in [1.29, 1.82) is 0 Å². The molecule has 8 heteroatoms. The van der Waals surface area contributed by atoms with E-state index in [9.17, 15) is 13.2 Å². The quantitative estimate of drug-likeness (QED) is 0.680. The minimum absolute atomic E-state index is 0.00870. The molecule has 0 saturated carbocycles. The smallest absolute Gasteiger partial charge is 0.241 e. The summed E-state index contributed by atoms with van der Waals surface area (Å²) in [7, 11) is -0.967. The van der Waals surface area contributed by atoms with Gasteiger partial charge in [0.05, 0.1) is 25.7 Å². The van der Waals surface area contributed by atoms with E-state index in [4.69, 9.17) is 9.47 Å². The van der Waals surface area contributed by atoms with Gasteiger partial charge in [0.2, 0.25) is 15.9 Å². The van der Waals surface area contributed by atoms with Gasteiger partial charge in [-0.05, 0) is 23.6 Å². The second kappa shape index (κ2) is 9.38. The van der Waals surface area contributed by atoms with Crippen LogP contribution >= 0.6 is 0 Å². The summed E-state index contributed by atoms with van der Waals surface area (Å²) in [6, 6.07) is 14.0. The number of carbonyl (C=O) groups is 1. The van der Waals surface area contributed by atoms with Gasteiger partial charge in [0.15, 0.2) is 11.5 Å². The molecule has 0 aliphatic heterocycles. The van der Waals surface area contributed by atoms with E-state index in [1.54, 1.807) is 0 Å². The second-order valence-electron chi connectivity index (χ2n) is 5.96. The van der Waals surface area contributed by atoms with E-state index in [-0.39, 0.29) is 17.4 Å². The number of sulfonamides is 1. The predicted octanol–water partition coefficient (Wildman–Crippen LogP) is 1.90. The topological polar surface area (TPSA) is 93.7 Å². The lowest BCUT2D eigenvalue weighted by molar-refractivity contribution is -0.120. The van der Waals surface area contributed by atoms with Crippen molar-refractivity contribution in [3.63, 3.8) is 0 Å². The van der Waals surface area contributed by atoms with Crippen LogP contribution in [0.1, 0.15) is 18.4 Å². The molecule has 146 valence electrons. The summed E-state index contributed by atoms with van der Waals surface area (Å²) in [5, 5.41) is 2.74. The number of amides is 1. The predicted molar refractivity (Wildman–Crippen MR) is 103 cm³/mol. The van der Waals surface area contributed by atoms with Crippen LogP contribution in [0.4, 0.5) is 0 Å². The average Bonchev–Trinajstić information content (AvgIpc) is 2.70. The number of hydrogen-bond acceptors (Lipinski definition) is 5. The Bertz CT molecular complexity index is 869. The zero-order chi connectivity index (χ0) is 19.9. The van der Waals surface area contributed by atoms with E-state index in [1.807, 2.05) is 37.3 Å². The highest BCUT2D eigenvalue weighted by atomic mass is 32.2. The SMILES string of the molecule is COc1ccc(S(=O)(=O)NCC(=O)NC[C@@H](C)c2ccccc2)cc1OC. The first kappa shape index (κ1) is 20.7. The van der Waals surface area contributed by atoms with Gasteiger partial charge in [-0.2, -0.15) is 0 Å². The van der Waals surface area contributed by atoms with Crippen molar-refractivity contribution in [2.24, 2.45) is 0 Å². The van der Waals surface area contributed by atoms with Gasteiger partial charge < -0.3 is 14.8 Å². The lowest BCUT2D eigenvalue weighted by atomic mass is 10.0. The molecule has 0 unspecified atom stereocenters. The van der Waals surface area contributed by atoms with Gasteiger partial charge in [-0.15, -0.1) is 0 Å². The summed E-state index contributed by atoms with van der Waals surface area (Å²) in [6.45, 7) is 2.06. The molecule has 0 aromatic heterocycles. The van der Waals surface area contributed by atoms with Crippen molar-refractivity contribution in [2.75, 3.05) is 27.3 Å². The van der Waals surface area contributed by atoms with E-state index < -0.39 is 15.9 Å². The molecule has 1 amide bonds. The van der Waals surface area contributed by atoms with Gasteiger partial charge in [-0.3, -0.25) is 4.79 Å². The first-order valence-corrected chi connectivity index (χ1v) is 9.89. The van der Waals surface area contributed by atoms with Crippen LogP contribution in [0.15, 0.2) is 53.4 Å². The van der Waals surface area contributed by atoms with Crippen molar-refractivity contribution in [1.82, 2.24) is 10.0 Å². The molecule has 0 spiro atoms. The van der Waals surface area contributed by atoms with Gasteiger partial charge in [-0.1, -0.05) is 37.3 Å². The fourth-order valence-electron chi connectivity index (χ4n) is 2.46. The summed E-state index contributed by atoms with van der Waals surface area (Å²) >= 11 is 0. The number of nitrogens with one attached hydrogen (secondary N) is 2. The molecule has 2 aromatic carbocycles. The van der Waals surface area contributed by atoms with Crippen molar-refractivity contribution >= 4 is 15.9 Å². The van der Waals surface area contributed by atoms with Crippen molar-refractivity contribution in [3.05, 3.63) is 54.1 Å². The third-order valence-electron chi connectivity index (χ3n) is 4.06. The number of carbonyl (C=O) groups excluding carboxylic acids is 1.